The zero-order valence-corrected chi connectivity index (χ0v) is 7.35. The van der Waals surface area contributed by atoms with Gasteiger partial charge in [0, 0.05) is 18.6 Å². The van der Waals surface area contributed by atoms with Crippen LogP contribution < -0.4 is 11.1 Å². The van der Waals surface area contributed by atoms with Gasteiger partial charge in [0.15, 0.2) is 0 Å². The van der Waals surface area contributed by atoms with Gasteiger partial charge in [0.25, 0.3) is 0 Å². The van der Waals surface area contributed by atoms with Crippen LogP contribution >= 0.6 is 0 Å². The van der Waals surface area contributed by atoms with Crippen molar-refractivity contribution in [3.05, 3.63) is 0 Å². The van der Waals surface area contributed by atoms with Crippen molar-refractivity contribution >= 4 is 0 Å². The molecule has 62 valence electrons. The van der Waals surface area contributed by atoms with Gasteiger partial charge in [0.1, 0.15) is 0 Å². The van der Waals surface area contributed by atoms with Crippen molar-refractivity contribution in [3.63, 3.8) is 0 Å². The second-order valence-electron chi connectivity index (χ2n) is 3.11. The van der Waals surface area contributed by atoms with Crippen molar-refractivity contribution in [2.75, 3.05) is 6.54 Å². The molecule has 0 aromatic rings. The fraction of sp³-hybridized carbons (Fsp3) is 1.00. The summed E-state index contributed by atoms with van der Waals surface area (Å²) in [6.07, 6.45) is 2.31. The van der Waals surface area contributed by atoms with Crippen molar-refractivity contribution in [3.8, 4) is 0 Å². The van der Waals surface area contributed by atoms with Crippen LogP contribution in [0, 0.1) is 0 Å². The first-order valence-corrected chi connectivity index (χ1v) is 4.15. The first-order chi connectivity index (χ1) is 4.66. The van der Waals surface area contributed by atoms with E-state index in [4.69, 9.17) is 5.73 Å². The van der Waals surface area contributed by atoms with E-state index in [1.54, 1.807) is 0 Å². The van der Waals surface area contributed by atoms with Crippen LogP contribution in [0.5, 0.6) is 0 Å². The summed E-state index contributed by atoms with van der Waals surface area (Å²) in [5.41, 5.74) is 5.77. The zero-order chi connectivity index (χ0) is 7.98. The molecular weight excluding hydrogens is 124 g/mol. The molecule has 0 rings (SSSR count). The number of rotatable bonds is 5. The molecule has 2 nitrogen and oxygen atoms in total. The van der Waals surface area contributed by atoms with E-state index in [-0.39, 0.29) is 0 Å². The van der Waals surface area contributed by atoms with E-state index < -0.39 is 0 Å². The Bertz CT molecular complexity index is 71.7. The number of nitrogens with one attached hydrogen (secondary N) is 1. The first-order valence-electron chi connectivity index (χ1n) is 4.15. The van der Waals surface area contributed by atoms with E-state index in [2.05, 4.69) is 26.1 Å². The zero-order valence-electron chi connectivity index (χ0n) is 7.35. The van der Waals surface area contributed by atoms with E-state index in [0.717, 1.165) is 13.0 Å². The smallest absolute Gasteiger partial charge is 0.0165 e. The van der Waals surface area contributed by atoms with Crippen molar-refractivity contribution in [2.45, 2.75) is 45.7 Å². The van der Waals surface area contributed by atoms with Crippen molar-refractivity contribution in [1.82, 2.24) is 5.32 Å². The summed E-state index contributed by atoms with van der Waals surface area (Å²) in [5, 5.41) is 3.31. The van der Waals surface area contributed by atoms with Gasteiger partial charge in [-0.05, 0) is 6.42 Å². The van der Waals surface area contributed by atoms with Crippen LogP contribution in [0.4, 0.5) is 0 Å². The highest BCUT2D eigenvalue weighted by Crippen LogP contribution is 1.91. The van der Waals surface area contributed by atoms with Gasteiger partial charge in [-0.1, -0.05) is 27.2 Å². The molecule has 1 atom stereocenters. The van der Waals surface area contributed by atoms with Crippen LogP contribution in [0.25, 0.3) is 0 Å². The standard InChI is InChI=1S/C8H20N2/c1-4-5-8(9)6-10-7(2)3/h7-8,10H,4-6,9H2,1-3H3/t8-/m0/s1. The molecule has 0 aliphatic heterocycles. The van der Waals surface area contributed by atoms with Gasteiger partial charge in [0.05, 0.1) is 0 Å². The Morgan fingerprint density at radius 3 is 2.40 bits per heavy atom. The Hall–Kier alpha value is -0.0800. The normalized spacial score (nSPS) is 14.1. The van der Waals surface area contributed by atoms with Gasteiger partial charge in [-0.15, -0.1) is 0 Å². The maximum atomic E-state index is 5.77. The lowest BCUT2D eigenvalue weighted by molar-refractivity contribution is 0.501. The van der Waals surface area contributed by atoms with Crippen LogP contribution in [0.3, 0.4) is 0 Å². The van der Waals surface area contributed by atoms with E-state index in [1.165, 1.54) is 6.42 Å². The van der Waals surface area contributed by atoms with E-state index in [1.807, 2.05) is 0 Å². The molecule has 0 amide bonds. The highest BCUT2D eigenvalue weighted by Gasteiger charge is 2.00. The minimum Gasteiger partial charge on any atom is -0.327 e. The summed E-state index contributed by atoms with van der Waals surface area (Å²) in [4.78, 5) is 0. The van der Waals surface area contributed by atoms with Crippen LogP contribution in [0.2, 0.25) is 0 Å². The number of hydrogen-bond acceptors (Lipinski definition) is 2. The van der Waals surface area contributed by atoms with Crippen LogP contribution in [-0.4, -0.2) is 18.6 Å². The highest BCUT2D eigenvalue weighted by atomic mass is 14.9. The summed E-state index contributed by atoms with van der Waals surface area (Å²) < 4.78 is 0. The SMILES string of the molecule is CCC[C@H](N)CNC(C)C. The third-order valence-electron chi connectivity index (χ3n) is 1.45. The summed E-state index contributed by atoms with van der Waals surface area (Å²) >= 11 is 0. The molecule has 0 aromatic heterocycles. The Morgan fingerprint density at radius 2 is 2.00 bits per heavy atom. The molecule has 3 N–H and O–H groups in total. The Balaban J connectivity index is 3.12. The average Bonchev–Trinajstić information content (AvgIpc) is 1.85. The van der Waals surface area contributed by atoms with Gasteiger partial charge < -0.3 is 11.1 Å². The molecule has 10 heavy (non-hydrogen) atoms. The molecule has 0 radical (unpaired) electrons. The monoisotopic (exact) mass is 144 g/mol. The van der Waals surface area contributed by atoms with Crippen molar-refractivity contribution in [2.24, 2.45) is 5.73 Å². The average molecular weight is 144 g/mol. The summed E-state index contributed by atoms with van der Waals surface area (Å²) in [6.45, 7) is 7.39. The third-order valence-corrected chi connectivity index (χ3v) is 1.45. The highest BCUT2D eigenvalue weighted by molar-refractivity contribution is 4.65. The topological polar surface area (TPSA) is 38.0 Å². The van der Waals surface area contributed by atoms with Crippen LogP contribution in [0.15, 0.2) is 0 Å². The van der Waals surface area contributed by atoms with Gasteiger partial charge in [0.2, 0.25) is 0 Å². The predicted molar refractivity (Wildman–Crippen MR) is 46.0 cm³/mol. The fourth-order valence-electron chi connectivity index (χ4n) is 0.860. The fourth-order valence-corrected chi connectivity index (χ4v) is 0.860. The lowest BCUT2D eigenvalue weighted by atomic mass is 10.2. The number of nitrogens with two attached hydrogens (primary N) is 1. The van der Waals surface area contributed by atoms with Crippen molar-refractivity contribution < 1.29 is 0 Å². The minimum atomic E-state index is 0.340. The minimum absolute atomic E-state index is 0.340. The van der Waals surface area contributed by atoms with Gasteiger partial charge in [-0.2, -0.15) is 0 Å². The largest absolute Gasteiger partial charge is 0.327 e. The molecule has 0 bridgehead atoms. The van der Waals surface area contributed by atoms with Crippen LogP contribution in [-0.2, 0) is 0 Å². The lowest BCUT2D eigenvalue weighted by Gasteiger charge is -2.13. The molecular formula is C8H20N2. The molecule has 0 spiro atoms. The van der Waals surface area contributed by atoms with Crippen LogP contribution in [0.1, 0.15) is 33.6 Å². The molecule has 0 fully saturated rings. The maximum Gasteiger partial charge on any atom is 0.0165 e. The Kier molecular flexibility index (Phi) is 5.64. The molecule has 0 aromatic carbocycles. The van der Waals surface area contributed by atoms with Gasteiger partial charge in [-0.25, -0.2) is 0 Å². The van der Waals surface area contributed by atoms with E-state index in [9.17, 15) is 0 Å². The second-order valence-corrected chi connectivity index (χ2v) is 3.11. The summed E-state index contributed by atoms with van der Waals surface area (Å²) in [6, 6.07) is 0.898. The number of hydrogen-bond donors (Lipinski definition) is 2. The molecule has 0 aliphatic rings. The lowest BCUT2D eigenvalue weighted by Crippen LogP contribution is -2.36. The summed E-state index contributed by atoms with van der Waals surface area (Å²) in [5.74, 6) is 0. The third kappa shape index (κ3) is 6.05. The predicted octanol–water partition coefficient (Wildman–Crippen LogP) is 1.11. The maximum absolute atomic E-state index is 5.77. The molecule has 0 unspecified atom stereocenters. The second kappa shape index (κ2) is 5.69. The quantitative estimate of drug-likeness (QED) is 0.606. The van der Waals surface area contributed by atoms with Gasteiger partial charge in [-0.3, -0.25) is 0 Å². The van der Waals surface area contributed by atoms with Crippen molar-refractivity contribution in [1.29, 1.82) is 0 Å². The molecule has 0 saturated heterocycles. The molecule has 0 saturated carbocycles. The molecule has 2 heteroatoms. The first kappa shape index (κ1) is 9.92. The van der Waals surface area contributed by atoms with Gasteiger partial charge >= 0.3 is 0 Å². The Labute approximate surface area is 64.2 Å². The van der Waals surface area contributed by atoms with E-state index in [0.29, 0.717) is 12.1 Å². The van der Waals surface area contributed by atoms with E-state index >= 15 is 0 Å². The molecule has 0 aliphatic carbocycles. The molecule has 0 heterocycles. The Morgan fingerprint density at radius 1 is 1.40 bits per heavy atom. The summed E-state index contributed by atoms with van der Waals surface area (Å²) in [7, 11) is 0.